The second-order valence-corrected chi connectivity index (χ2v) is 7.95. The summed E-state index contributed by atoms with van der Waals surface area (Å²) < 4.78 is 11.4. The van der Waals surface area contributed by atoms with Crippen molar-refractivity contribution in [1.29, 1.82) is 0 Å². The Labute approximate surface area is 184 Å². The molecule has 30 heavy (non-hydrogen) atoms. The van der Waals surface area contributed by atoms with Crippen LogP contribution in [-0.2, 0) is 9.59 Å². The number of carbonyl (C=O) groups is 2. The SMILES string of the molecule is CCOc1ccc(/C=C2/SC(=S)N(C(C(=O)O)c3ccccc3)C2=O)cc1OCC. The molecule has 1 aliphatic heterocycles. The summed E-state index contributed by atoms with van der Waals surface area (Å²) in [6, 6.07) is 12.8. The normalized spacial score (nSPS) is 16.1. The number of carboxylic acids is 1. The van der Waals surface area contributed by atoms with Gasteiger partial charge in [-0.1, -0.05) is 60.4 Å². The van der Waals surface area contributed by atoms with Crippen molar-refractivity contribution < 1.29 is 24.2 Å². The lowest BCUT2D eigenvalue weighted by molar-refractivity contribution is -0.145. The van der Waals surface area contributed by atoms with Gasteiger partial charge in [-0.2, -0.15) is 0 Å². The molecular formula is C22H21NO5S2. The van der Waals surface area contributed by atoms with Crippen molar-refractivity contribution in [3.63, 3.8) is 0 Å². The zero-order chi connectivity index (χ0) is 21.7. The number of hydrogen-bond donors (Lipinski definition) is 1. The number of ether oxygens (including phenoxy) is 2. The number of carbonyl (C=O) groups excluding carboxylic acids is 1. The van der Waals surface area contributed by atoms with E-state index < -0.39 is 17.9 Å². The van der Waals surface area contributed by atoms with E-state index in [0.717, 1.165) is 22.2 Å². The second-order valence-electron chi connectivity index (χ2n) is 6.28. The van der Waals surface area contributed by atoms with Crippen LogP contribution in [0.4, 0.5) is 0 Å². The van der Waals surface area contributed by atoms with Gasteiger partial charge in [-0.25, -0.2) is 4.79 Å². The summed E-state index contributed by atoms with van der Waals surface area (Å²) >= 11 is 6.43. The van der Waals surface area contributed by atoms with E-state index in [4.69, 9.17) is 21.7 Å². The first kappa shape index (κ1) is 21.9. The highest BCUT2D eigenvalue weighted by molar-refractivity contribution is 8.26. The molecule has 1 atom stereocenters. The molecule has 6 nitrogen and oxygen atoms in total. The van der Waals surface area contributed by atoms with Crippen LogP contribution in [0.1, 0.15) is 31.0 Å². The van der Waals surface area contributed by atoms with Crippen LogP contribution in [0.5, 0.6) is 11.5 Å². The van der Waals surface area contributed by atoms with Gasteiger partial charge in [0.05, 0.1) is 18.1 Å². The van der Waals surface area contributed by atoms with Gasteiger partial charge < -0.3 is 14.6 Å². The lowest BCUT2D eigenvalue weighted by Gasteiger charge is -2.23. The molecule has 1 saturated heterocycles. The summed E-state index contributed by atoms with van der Waals surface area (Å²) in [6.45, 7) is 4.75. The second kappa shape index (κ2) is 9.77. The third kappa shape index (κ3) is 4.66. The molecule has 2 aromatic rings. The standard InChI is InChI=1S/C22H21NO5S2/c1-3-27-16-11-10-14(12-17(16)28-4-2)13-18-20(24)23(22(29)30-18)19(21(25)26)15-8-6-5-7-9-15/h5-13,19H,3-4H2,1-2H3,(H,25,26)/b18-13+. The molecular weight excluding hydrogens is 422 g/mol. The van der Waals surface area contributed by atoms with Crippen molar-refractivity contribution in [2.24, 2.45) is 0 Å². The number of nitrogens with zero attached hydrogens (tertiary/aromatic N) is 1. The van der Waals surface area contributed by atoms with Crippen LogP contribution < -0.4 is 9.47 Å². The van der Waals surface area contributed by atoms with Gasteiger partial charge in [-0.15, -0.1) is 0 Å². The zero-order valence-corrected chi connectivity index (χ0v) is 18.2. The molecule has 8 heteroatoms. The fraction of sp³-hybridized carbons (Fsp3) is 0.227. The van der Waals surface area contributed by atoms with Crippen LogP contribution in [0.2, 0.25) is 0 Å². The first-order chi connectivity index (χ1) is 14.5. The average molecular weight is 444 g/mol. The number of thiocarbonyl (C=S) groups is 1. The quantitative estimate of drug-likeness (QED) is 0.475. The fourth-order valence-electron chi connectivity index (χ4n) is 3.05. The van der Waals surface area contributed by atoms with Crippen molar-refractivity contribution in [2.75, 3.05) is 13.2 Å². The number of carboxylic acid groups (broad SMARTS) is 1. The van der Waals surface area contributed by atoms with E-state index >= 15 is 0 Å². The van der Waals surface area contributed by atoms with E-state index in [-0.39, 0.29) is 4.32 Å². The number of thioether (sulfide) groups is 1. The van der Waals surface area contributed by atoms with Crippen molar-refractivity contribution in [2.45, 2.75) is 19.9 Å². The average Bonchev–Trinajstić information content (AvgIpc) is 2.99. The zero-order valence-electron chi connectivity index (χ0n) is 16.5. The van der Waals surface area contributed by atoms with E-state index in [9.17, 15) is 14.7 Å². The van der Waals surface area contributed by atoms with Crippen LogP contribution in [0.25, 0.3) is 6.08 Å². The Morgan fingerprint density at radius 3 is 2.43 bits per heavy atom. The van der Waals surface area contributed by atoms with E-state index in [0.29, 0.717) is 35.2 Å². The Morgan fingerprint density at radius 2 is 1.80 bits per heavy atom. The summed E-state index contributed by atoms with van der Waals surface area (Å²) in [5.41, 5.74) is 1.22. The summed E-state index contributed by atoms with van der Waals surface area (Å²) in [4.78, 5) is 26.5. The summed E-state index contributed by atoms with van der Waals surface area (Å²) in [5.74, 6) is -0.373. The molecule has 0 bridgehead atoms. The van der Waals surface area contributed by atoms with Crippen molar-refractivity contribution in [3.05, 3.63) is 64.6 Å². The van der Waals surface area contributed by atoms with E-state index in [1.54, 1.807) is 48.5 Å². The van der Waals surface area contributed by atoms with Crippen molar-refractivity contribution >= 4 is 46.3 Å². The van der Waals surface area contributed by atoms with E-state index in [1.165, 1.54) is 0 Å². The van der Waals surface area contributed by atoms with Gasteiger partial charge in [-0.05, 0) is 43.2 Å². The number of aliphatic carboxylic acids is 1. The van der Waals surface area contributed by atoms with Crippen molar-refractivity contribution in [3.8, 4) is 11.5 Å². The van der Waals surface area contributed by atoms with Crippen LogP contribution in [0.15, 0.2) is 53.4 Å². The molecule has 0 saturated carbocycles. The van der Waals surface area contributed by atoms with Gasteiger partial charge in [0, 0.05) is 0 Å². The van der Waals surface area contributed by atoms with Crippen LogP contribution in [-0.4, -0.2) is 39.4 Å². The molecule has 0 radical (unpaired) electrons. The Morgan fingerprint density at radius 1 is 1.13 bits per heavy atom. The Bertz CT molecular complexity index is 990. The number of amides is 1. The van der Waals surface area contributed by atoms with Gasteiger partial charge in [0.1, 0.15) is 4.32 Å². The minimum atomic E-state index is -1.18. The van der Waals surface area contributed by atoms with E-state index in [2.05, 4.69) is 0 Å². The van der Waals surface area contributed by atoms with Crippen molar-refractivity contribution in [1.82, 2.24) is 4.90 Å². The first-order valence-electron chi connectivity index (χ1n) is 9.40. The first-order valence-corrected chi connectivity index (χ1v) is 10.6. The highest BCUT2D eigenvalue weighted by Crippen LogP contribution is 2.39. The fourth-order valence-corrected chi connectivity index (χ4v) is 4.36. The van der Waals surface area contributed by atoms with Crippen LogP contribution in [0.3, 0.4) is 0 Å². The monoisotopic (exact) mass is 443 g/mol. The topological polar surface area (TPSA) is 76.1 Å². The third-order valence-corrected chi connectivity index (χ3v) is 5.63. The summed E-state index contributed by atoms with van der Waals surface area (Å²) in [6.07, 6.45) is 1.68. The maximum Gasteiger partial charge on any atom is 0.331 e. The minimum Gasteiger partial charge on any atom is -0.490 e. The smallest absolute Gasteiger partial charge is 0.331 e. The number of hydrogen-bond acceptors (Lipinski definition) is 6. The molecule has 3 rings (SSSR count). The maximum atomic E-state index is 13.0. The van der Waals surface area contributed by atoms with E-state index in [1.807, 2.05) is 19.9 Å². The highest BCUT2D eigenvalue weighted by atomic mass is 32.2. The van der Waals surface area contributed by atoms with Gasteiger partial charge in [-0.3, -0.25) is 9.69 Å². The molecule has 1 heterocycles. The Hall–Kier alpha value is -2.84. The predicted octanol–water partition coefficient (Wildman–Crippen LogP) is 4.51. The van der Waals surface area contributed by atoms with Gasteiger partial charge in [0.25, 0.3) is 5.91 Å². The number of benzene rings is 2. The van der Waals surface area contributed by atoms with Gasteiger partial charge in [0.15, 0.2) is 17.5 Å². The maximum absolute atomic E-state index is 13.0. The van der Waals surface area contributed by atoms with Gasteiger partial charge >= 0.3 is 5.97 Å². The Balaban J connectivity index is 1.93. The minimum absolute atomic E-state index is 0.207. The highest BCUT2D eigenvalue weighted by Gasteiger charge is 2.41. The number of rotatable bonds is 8. The summed E-state index contributed by atoms with van der Waals surface area (Å²) in [5, 5.41) is 9.76. The Kier molecular flexibility index (Phi) is 7.12. The summed E-state index contributed by atoms with van der Waals surface area (Å²) in [7, 11) is 0. The molecule has 1 N–H and O–H groups in total. The molecule has 1 unspecified atom stereocenters. The molecule has 1 aliphatic rings. The molecule has 2 aromatic carbocycles. The van der Waals surface area contributed by atoms with Crippen LogP contribution >= 0.6 is 24.0 Å². The molecule has 156 valence electrons. The molecule has 0 aliphatic carbocycles. The lowest BCUT2D eigenvalue weighted by atomic mass is 10.1. The largest absolute Gasteiger partial charge is 0.490 e. The predicted molar refractivity (Wildman–Crippen MR) is 121 cm³/mol. The lowest BCUT2D eigenvalue weighted by Crippen LogP contribution is -2.37. The molecule has 1 amide bonds. The van der Waals surface area contributed by atoms with Gasteiger partial charge in [0.2, 0.25) is 0 Å². The molecule has 0 spiro atoms. The van der Waals surface area contributed by atoms with Crippen LogP contribution in [0, 0.1) is 0 Å². The molecule has 0 aromatic heterocycles. The molecule has 1 fully saturated rings. The third-order valence-electron chi connectivity index (χ3n) is 4.30.